The van der Waals surface area contributed by atoms with Crippen molar-refractivity contribution in [2.45, 2.75) is 13.8 Å². The molecule has 21 heavy (non-hydrogen) atoms. The van der Waals surface area contributed by atoms with E-state index in [0.29, 0.717) is 23.7 Å². The molecule has 7 heteroatoms. The highest BCUT2D eigenvalue weighted by Gasteiger charge is 2.24. The SMILES string of the molecule is CCN1C(=O)COc2ccc(/C(C)=N\OCC(=O)O)cc21. The second-order valence-corrected chi connectivity index (χ2v) is 4.45. The van der Waals surface area contributed by atoms with E-state index in [-0.39, 0.29) is 12.5 Å². The molecule has 0 aromatic heterocycles. The number of carboxylic acid groups (broad SMARTS) is 1. The van der Waals surface area contributed by atoms with E-state index in [1.165, 1.54) is 0 Å². The Morgan fingerprint density at radius 2 is 2.29 bits per heavy atom. The molecule has 112 valence electrons. The molecule has 1 aromatic rings. The number of nitrogens with zero attached hydrogens (tertiary/aromatic N) is 2. The zero-order valence-electron chi connectivity index (χ0n) is 11.8. The van der Waals surface area contributed by atoms with E-state index in [9.17, 15) is 9.59 Å². The Morgan fingerprint density at radius 3 is 2.95 bits per heavy atom. The van der Waals surface area contributed by atoms with E-state index in [1.54, 1.807) is 30.0 Å². The molecular weight excluding hydrogens is 276 g/mol. The van der Waals surface area contributed by atoms with Gasteiger partial charge in [0, 0.05) is 12.1 Å². The fraction of sp³-hybridized carbons (Fsp3) is 0.357. The fourth-order valence-electron chi connectivity index (χ4n) is 2.01. The van der Waals surface area contributed by atoms with E-state index in [0.717, 1.165) is 5.56 Å². The van der Waals surface area contributed by atoms with Crippen LogP contribution in [0.25, 0.3) is 0 Å². The van der Waals surface area contributed by atoms with Crippen LogP contribution in [-0.4, -0.2) is 42.5 Å². The smallest absolute Gasteiger partial charge is 0.344 e. The maximum Gasteiger partial charge on any atom is 0.344 e. The van der Waals surface area contributed by atoms with Gasteiger partial charge in [-0.2, -0.15) is 0 Å². The van der Waals surface area contributed by atoms with Crippen LogP contribution in [0.1, 0.15) is 19.4 Å². The van der Waals surface area contributed by atoms with E-state index in [1.807, 2.05) is 6.92 Å². The highest BCUT2D eigenvalue weighted by Crippen LogP contribution is 2.32. The summed E-state index contributed by atoms with van der Waals surface area (Å²) in [6.45, 7) is 3.67. The number of aliphatic carboxylic acids is 1. The van der Waals surface area contributed by atoms with Crippen LogP contribution in [0.5, 0.6) is 5.75 Å². The van der Waals surface area contributed by atoms with Crippen LogP contribution < -0.4 is 9.64 Å². The standard InChI is InChI=1S/C14H16N2O5/c1-3-16-11-6-10(9(2)15-21-8-14(18)19)4-5-12(11)20-7-13(16)17/h4-6H,3,7-8H2,1-2H3,(H,18,19)/b15-9-. The Hall–Kier alpha value is -2.57. The lowest BCUT2D eigenvalue weighted by Gasteiger charge is -2.28. The zero-order chi connectivity index (χ0) is 15.4. The summed E-state index contributed by atoms with van der Waals surface area (Å²) >= 11 is 0. The fourth-order valence-corrected chi connectivity index (χ4v) is 2.01. The van der Waals surface area contributed by atoms with Gasteiger partial charge in [0.2, 0.25) is 6.61 Å². The number of ether oxygens (including phenoxy) is 1. The van der Waals surface area contributed by atoms with Crippen molar-refractivity contribution < 1.29 is 24.3 Å². The summed E-state index contributed by atoms with van der Waals surface area (Å²) in [5.74, 6) is -0.550. The second-order valence-electron chi connectivity index (χ2n) is 4.45. The van der Waals surface area contributed by atoms with Crippen molar-refractivity contribution in [3.63, 3.8) is 0 Å². The summed E-state index contributed by atoms with van der Waals surface area (Å²) in [5, 5.41) is 12.2. The van der Waals surface area contributed by atoms with Crippen molar-refractivity contribution in [1.29, 1.82) is 0 Å². The van der Waals surface area contributed by atoms with Gasteiger partial charge in [0.15, 0.2) is 6.61 Å². The highest BCUT2D eigenvalue weighted by atomic mass is 16.6. The first-order chi connectivity index (χ1) is 10.0. The summed E-state index contributed by atoms with van der Waals surface area (Å²) < 4.78 is 5.38. The van der Waals surface area contributed by atoms with Crippen molar-refractivity contribution in [2.24, 2.45) is 5.16 Å². The number of hydrogen-bond donors (Lipinski definition) is 1. The van der Waals surface area contributed by atoms with Gasteiger partial charge >= 0.3 is 5.97 Å². The minimum absolute atomic E-state index is 0.0367. The molecule has 1 aliphatic rings. The van der Waals surface area contributed by atoms with Crippen LogP contribution >= 0.6 is 0 Å². The summed E-state index contributed by atoms with van der Waals surface area (Å²) in [5.41, 5.74) is 1.93. The number of fused-ring (bicyclic) bond motifs is 1. The predicted octanol–water partition coefficient (Wildman–Crippen LogP) is 1.26. The largest absolute Gasteiger partial charge is 0.482 e. The minimum Gasteiger partial charge on any atom is -0.482 e. The van der Waals surface area contributed by atoms with Gasteiger partial charge in [-0.25, -0.2) is 4.79 Å². The Morgan fingerprint density at radius 1 is 1.52 bits per heavy atom. The third kappa shape index (κ3) is 3.31. The monoisotopic (exact) mass is 292 g/mol. The number of carboxylic acids is 1. The van der Waals surface area contributed by atoms with Crippen molar-refractivity contribution in [3.05, 3.63) is 23.8 Å². The predicted molar refractivity (Wildman–Crippen MR) is 75.8 cm³/mol. The highest BCUT2D eigenvalue weighted by molar-refractivity contribution is 6.02. The first-order valence-corrected chi connectivity index (χ1v) is 6.49. The third-order valence-electron chi connectivity index (χ3n) is 3.03. The van der Waals surface area contributed by atoms with Gasteiger partial charge in [0.25, 0.3) is 5.91 Å². The Kier molecular flexibility index (Phi) is 4.42. The van der Waals surface area contributed by atoms with Gasteiger partial charge in [-0.1, -0.05) is 5.16 Å². The zero-order valence-corrected chi connectivity index (χ0v) is 11.8. The molecule has 1 heterocycles. The summed E-state index contributed by atoms with van der Waals surface area (Å²) in [6.07, 6.45) is 0. The molecule has 0 atom stereocenters. The maximum absolute atomic E-state index is 11.8. The topological polar surface area (TPSA) is 88.4 Å². The summed E-state index contributed by atoms with van der Waals surface area (Å²) in [7, 11) is 0. The molecule has 0 spiro atoms. The van der Waals surface area contributed by atoms with Crippen molar-refractivity contribution in [3.8, 4) is 5.75 Å². The van der Waals surface area contributed by atoms with Crippen LogP contribution in [-0.2, 0) is 14.4 Å². The van der Waals surface area contributed by atoms with Crippen LogP contribution in [0.3, 0.4) is 0 Å². The van der Waals surface area contributed by atoms with Gasteiger partial charge in [0.05, 0.1) is 11.4 Å². The minimum atomic E-state index is -1.09. The molecule has 0 fully saturated rings. The molecule has 0 aliphatic carbocycles. The number of hydrogen-bond acceptors (Lipinski definition) is 5. The Balaban J connectivity index is 2.25. The Bertz CT molecular complexity index is 597. The van der Waals surface area contributed by atoms with Gasteiger partial charge in [0.1, 0.15) is 5.75 Å². The van der Waals surface area contributed by atoms with Gasteiger partial charge < -0.3 is 19.6 Å². The van der Waals surface area contributed by atoms with E-state index >= 15 is 0 Å². The lowest BCUT2D eigenvalue weighted by atomic mass is 10.1. The maximum atomic E-state index is 11.8. The molecule has 0 unspecified atom stereocenters. The van der Waals surface area contributed by atoms with E-state index < -0.39 is 12.6 Å². The van der Waals surface area contributed by atoms with Gasteiger partial charge in [-0.15, -0.1) is 0 Å². The molecule has 0 bridgehead atoms. The van der Waals surface area contributed by atoms with Crippen LogP contribution in [0.2, 0.25) is 0 Å². The number of carbonyl (C=O) groups is 2. The first kappa shape index (κ1) is 14.8. The average Bonchev–Trinajstić information content (AvgIpc) is 2.46. The van der Waals surface area contributed by atoms with E-state index in [2.05, 4.69) is 5.16 Å². The number of amides is 1. The van der Waals surface area contributed by atoms with Crippen molar-refractivity contribution in [2.75, 3.05) is 24.7 Å². The Labute approximate surface area is 121 Å². The van der Waals surface area contributed by atoms with E-state index in [4.69, 9.17) is 14.7 Å². The quantitative estimate of drug-likeness (QED) is 0.652. The molecule has 1 amide bonds. The van der Waals surface area contributed by atoms with Gasteiger partial charge in [-0.3, -0.25) is 4.79 Å². The third-order valence-corrected chi connectivity index (χ3v) is 3.03. The molecule has 1 aromatic carbocycles. The van der Waals surface area contributed by atoms with Crippen LogP contribution in [0.4, 0.5) is 5.69 Å². The molecule has 0 radical (unpaired) electrons. The molecule has 7 nitrogen and oxygen atoms in total. The number of benzene rings is 1. The summed E-state index contributed by atoms with van der Waals surface area (Å²) in [6, 6.07) is 5.32. The molecule has 0 saturated carbocycles. The van der Waals surface area contributed by atoms with Crippen molar-refractivity contribution in [1.82, 2.24) is 0 Å². The molecule has 1 aliphatic heterocycles. The second kappa shape index (κ2) is 6.25. The molecule has 2 rings (SSSR count). The molecular formula is C14H16N2O5. The average molecular weight is 292 g/mol. The number of oxime groups is 1. The molecule has 0 saturated heterocycles. The lowest BCUT2D eigenvalue weighted by Crippen LogP contribution is -2.38. The van der Waals surface area contributed by atoms with Crippen LogP contribution in [0, 0.1) is 0 Å². The number of likely N-dealkylation sites (N-methyl/N-ethyl adjacent to an activating group) is 1. The van der Waals surface area contributed by atoms with Gasteiger partial charge in [-0.05, 0) is 32.0 Å². The normalized spacial score (nSPS) is 14.5. The summed E-state index contributed by atoms with van der Waals surface area (Å²) in [4.78, 5) is 28.5. The number of anilines is 1. The number of rotatable bonds is 5. The molecule has 1 N–H and O–H groups in total. The van der Waals surface area contributed by atoms with Crippen molar-refractivity contribution >= 4 is 23.3 Å². The van der Waals surface area contributed by atoms with Crippen LogP contribution in [0.15, 0.2) is 23.4 Å². The lowest BCUT2D eigenvalue weighted by molar-refractivity contribution is -0.142. The number of carbonyl (C=O) groups excluding carboxylic acids is 1. The first-order valence-electron chi connectivity index (χ1n) is 6.49.